The Morgan fingerprint density at radius 3 is 2.65 bits per heavy atom. The summed E-state index contributed by atoms with van der Waals surface area (Å²) in [5, 5.41) is 0. The molecule has 3 rings (SSSR count). The average molecular weight is 377 g/mol. The fourth-order valence-corrected chi connectivity index (χ4v) is 3.05. The number of fused-ring (bicyclic) bond motifs is 1. The lowest BCUT2D eigenvalue weighted by Gasteiger charge is -2.30. The Kier molecular flexibility index (Phi) is 4.95. The highest BCUT2D eigenvalue weighted by molar-refractivity contribution is 6.76. The van der Waals surface area contributed by atoms with Gasteiger partial charge >= 0.3 is 0 Å². The van der Waals surface area contributed by atoms with Crippen LogP contribution in [-0.4, -0.2) is 21.4 Å². The van der Waals surface area contributed by atoms with Crippen LogP contribution in [0.2, 0.25) is 0 Å². The number of amides is 1. The first-order valence-electron chi connectivity index (χ1n) is 7.41. The van der Waals surface area contributed by atoms with Crippen molar-refractivity contribution in [3.63, 3.8) is 0 Å². The summed E-state index contributed by atoms with van der Waals surface area (Å²) in [5.74, 6) is 0.833. The number of hydrogen-bond donors (Lipinski definition) is 0. The van der Waals surface area contributed by atoms with E-state index in [0.717, 1.165) is 36.9 Å². The number of nitrogens with zero attached hydrogens (tertiary/aromatic N) is 1. The van der Waals surface area contributed by atoms with Crippen LogP contribution < -0.4 is 9.47 Å². The molecule has 0 aromatic heterocycles. The van der Waals surface area contributed by atoms with Gasteiger partial charge in [-0.1, -0.05) is 46.9 Å². The van der Waals surface area contributed by atoms with E-state index in [4.69, 9.17) is 44.3 Å². The topological polar surface area (TPSA) is 38.8 Å². The maximum atomic E-state index is 12.5. The molecule has 0 radical (unpaired) electrons. The van der Waals surface area contributed by atoms with E-state index in [1.165, 1.54) is 0 Å². The first-order chi connectivity index (χ1) is 10.9. The molecule has 0 N–H and O–H groups in total. The number of rotatable bonds is 3. The van der Waals surface area contributed by atoms with Crippen molar-refractivity contribution in [1.82, 2.24) is 4.90 Å². The zero-order valence-electron chi connectivity index (χ0n) is 12.4. The Hall–Kier alpha value is -1.10. The predicted molar refractivity (Wildman–Crippen MR) is 90.0 cm³/mol. The Labute approximate surface area is 149 Å². The average Bonchev–Trinajstić information content (AvgIpc) is 2.99. The molecule has 1 heterocycles. The fourth-order valence-electron chi connectivity index (χ4n) is 2.75. The summed E-state index contributed by atoms with van der Waals surface area (Å²) in [5.41, 5.74) is 1.80. The summed E-state index contributed by atoms with van der Waals surface area (Å²) < 4.78 is 8.70. The maximum Gasteiger partial charge on any atom is 0.279 e. The summed E-state index contributed by atoms with van der Waals surface area (Å²) >= 11 is 17.5. The van der Waals surface area contributed by atoms with Crippen LogP contribution in [0.1, 0.15) is 31.2 Å². The van der Waals surface area contributed by atoms with Gasteiger partial charge < -0.3 is 14.4 Å². The first-order valence-corrected chi connectivity index (χ1v) is 8.55. The number of hydrogen-bond acceptors (Lipinski definition) is 3. The molecule has 1 aliphatic heterocycles. The highest BCUT2D eigenvalue weighted by Gasteiger charge is 2.37. The van der Waals surface area contributed by atoms with E-state index in [9.17, 15) is 4.79 Å². The quantitative estimate of drug-likeness (QED) is 0.725. The Balaban J connectivity index is 1.86. The third-order valence-corrected chi connectivity index (χ3v) is 4.36. The van der Waals surface area contributed by atoms with Crippen LogP contribution in [0.3, 0.4) is 0 Å². The molecule has 7 heteroatoms. The van der Waals surface area contributed by atoms with Gasteiger partial charge in [0.15, 0.2) is 11.5 Å². The minimum atomic E-state index is -1.98. The van der Waals surface area contributed by atoms with Crippen LogP contribution >= 0.6 is 34.8 Å². The third-order valence-electron chi connectivity index (χ3n) is 3.88. The van der Waals surface area contributed by atoms with Gasteiger partial charge in [-0.05, 0) is 43.4 Å². The molecule has 0 bridgehead atoms. The molecule has 1 aliphatic carbocycles. The van der Waals surface area contributed by atoms with Crippen molar-refractivity contribution < 1.29 is 14.3 Å². The number of halogens is 3. The van der Waals surface area contributed by atoms with Crippen molar-refractivity contribution in [2.24, 2.45) is 0 Å². The minimum absolute atomic E-state index is 0.209. The van der Waals surface area contributed by atoms with Crippen molar-refractivity contribution in [2.45, 2.75) is 36.0 Å². The van der Waals surface area contributed by atoms with Crippen LogP contribution in [0, 0.1) is 0 Å². The molecule has 1 aromatic rings. The molecule has 4 nitrogen and oxygen atoms in total. The monoisotopic (exact) mass is 375 g/mol. The van der Waals surface area contributed by atoms with Crippen LogP contribution in [0.25, 0.3) is 0 Å². The molecule has 0 fully saturated rings. The Bertz CT molecular complexity index is 640. The molecule has 0 atom stereocenters. The summed E-state index contributed by atoms with van der Waals surface area (Å²) in [7, 11) is 0. The molecule has 23 heavy (non-hydrogen) atoms. The standard InChI is InChI=1S/C16H16Cl3NO3/c17-16(18,19)15(21)20(12-4-2-1-3-5-12)9-11-6-7-13-14(8-11)23-10-22-13/h4,6-8H,1-3,5,9-10H2. The van der Waals surface area contributed by atoms with E-state index < -0.39 is 9.70 Å². The lowest BCUT2D eigenvalue weighted by atomic mass is 10.0. The molecule has 0 spiro atoms. The highest BCUT2D eigenvalue weighted by atomic mass is 35.6. The summed E-state index contributed by atoms with van der Waals surface area (Å²) in [6, 6.07) is 5.56. The lowest BCUT2D eigenvalue weighted by Crippen LogP contribution is -2.38. The van der Waals surface area contributed by atoms with Crippen molar-refractivity contribution >= 4 is 40.7 Å². The third kappa shape index (κ3) is 3.87. The smallest absolute Gasteiger partial charge is 0.279 e. The van der Waals surface area contributed by atoms with Crippen LogP contribution in [0.15, 0.2) is 30.0 Å². The van der Waals surface area contributed by atoms with Gasteiger partial charge in [0.25, 0.3) is 9.70 Å². The number of alkyl halides is 3. The normalized spacial score (nSPS) is 16.9. The zero-order chi connectivity index (χ0) is 16.4. The van der Waals surface area contributed by atoms with Crippen LogP contribution in [-0.2, 0) is 11.3 Å². The highest BCUT2D eigenvalue weighted by Crippen LogP contribution is 2.36. The number of benzene rings is 1. The predicted octanol–water partition coefficient (Wildman–Crippen LogP) is 4.57. The summed E-state index contributed by atoms with van der Waals surface area (Å²) in [6.07, 6.45) is 5.92. The number of allylic oxidation sites excluding steroid dienone is 2. The molecular weight excluding hydrogens is 361 g/mol. The van der Waals surface area contributed by atoms with E-state index >= 15 is 0 Å². The fraction of sp³-hybridized carbons (Fsp3) is 0.438. The van der Waals surface area contributed by atoms with Gasteiger partial charge in [0, 0.05) is 5.70 Å². The molecule has 124 valence electrons. The molecule has 2 aliphatic rings. The van der Waals surface area contributed by atoms with E-state index in [0.29, 0.717) is 18.0 Å². The van der Waals surface area contributed by atoms with E-state index in [1.54, 1.807) is 4.90 Å². The Morgan fingerprint density at radius 1 is 1.17 bits per heavy atom. The van der Waals surface area contributed by atoms with Gasteiger partial charge in [0.2, 0.25) is 6.79 Å². The second-order valence-corrected chi connectivity index (χ2v) is 7.80. The molecular formula is C16H16Cl3NO3. The molecule has 0 saturated heterocycles. The van der Waals surface area contributed by atoms with Gasteiger partial charge in [-0.2, -0.15) is 0 Å². The lowest BCUT2D eigenvalue weighted by molar-refractivity contribution is -0.129. The second kappa shape index (κ2) is 6.80. The van der Waals surface area contributed by atoms with Crippen molar-refractivity contribution in [3.05, 3.63) is 35.5 Å². The van der Waals surface area contributed by atoms with Gasteiger partial charge in [0.1, 0.15) is 0 Å². The van der Waals surface area contributed by atoms with Gasteiger partial charge in [-0.25, -0.2) is 0 Å². The second-order valence-electron chi connectivity index (χ2n) is 5.52. The maximum absolute atomic E-state index is 12.5. The minimum Gasteiger partial charge on any atom is -0.454 e. The SMILES string of the molecule is O=C(N(Cc1ccc2c(c1)OCO2)C1=CCCCC1)C(Cl)(Cl)Cl. The first kappa shape index (κ1) is 16.7. The number of carbonyl (C=O) groups is 1. The van der Waals surface area contributed by atoms with Crippen LogP contribution in [0.4, 0.5) is 0 Å². The molecule has 0 unspecified atom stereocenters. The molecule has 1 amide bonds. The van der Waals surface area contributed by atoms with E-state index in [1.807, 2.05) is 24.3 Å². The van der Waals surface area contributed by atoms with E-state index in [-0.39, 0.29) is 6.79 Å². The van der Waals surface area contributed by atoms with Crippen molar-refractivity contribution in [3.8, 4) is 11.5 Å². The van der Waals surface area contributed by atoms with Crippen LogP contribution in [0.5, 0.6) is 11.5 Å². The van der Waals surface area contributed by atoms with Gasteiger partial charge in [-0.3, -0.25) is 4.79 Å². The van der Waals surface area contributed by atoms with Gasteiger partial charge in [0.05, 0.1) is 6.54 Å². The van der Waals surface area contributed by atoms with E-state index in [2.05, 4.69) is 0 Å². The Morgan fingerprint density at radius 2 is 1.96 bits per heavy atom. The number of carbonyl (C=O) groups excluding carboxylic acids is 1. The molecule has 0 saturated carbocycles. The van der Waals surface area contributed by atoms with Crippen molar-refractivity contribution in [2.75, 3.05) is 6.79 Å². The summed E-state index contributed by atoms with van der Waals surface area (Å²) in [4.78, 5) is 14.1. The van der Waals surface area contributed by atoms with Crippen molar-refractivity contribution in [1.29, 1.82) is 0 Å². The number of ether oxygens (including phenoxy) is 2. The zero-order valence-corrected chi connectivity index (χ0v) is 14.6. The van der Waals surface area contributed by atoms with Gasteiger partial charge in [-0.15, -0.1) is 0 Å². The molecule has 1 aromatic carbocycles. The largest absolute Gasteiger partial charge is 0.454 e. The summed E-state index contributed by atoms with van der Waals surface area (Å²) in [6.45, 7) is 0.538.